The number of rotatable bonds is 3. The summed E-state index contributed by atoms with van der Waals surface area (Å²) >= 11 is 13.4. The molecule has 0 fully saturated rings. The molecule has 1 aliphatic rings. The summed E-state index contributed by atoms with van der Waals surface area (Å²) in [5, 5.41) is 15.7. The van der Waals surface area contributed by atoms with E-state index in [0.717, 1.165) is 12.3 Å². The standard InChI is InChI=1S/C13H10Cl2N4OS/c14-9-2-1-3-10(11(9)15)19-12(20)8(6-16)7-18-13-17-4-5-21-13/h1-3,7H,4-5H2,(H,17,18)(H,19,20)/b8-7-. The third-order valence-electron chi connectivity index (χ3n) is 2.49. The van der Waals surface area contributed by atoms with E-state index in [1.165, 1.54) is 18.0 Å². The van der Waals surface area contributed by atoms with Crippen LogP contribution in [0.3, 0.4) is 0 Å². The van der Waals surface area contributed by atoms with E-state index in [1.807, 2.05) is 6.07 Å². The number of nitrogens with one attached hydrogen (secondary N) is 2. The van der Waals surface area contributed by atoms with E-state index in [-0.39, 0.29) is 10.6 Å². The van der Waals surface area contributed by atoms with Gasteiger partial charge in [0.2, 0.25) is 0 Å². The lowest BCUT2D eigenvalue weighted by atomic mass is 10.2. The SMILES string of the molecule is N#C/C(=C/NC1=NCCS1)C(=O)Nc1cccc(Cl)c1Cl. The molecule has 1 amide bonds. The number of carbonyl (C=O) groups excluding carboxylic acids is 1. The Labute approximate surface area is 136 Å². The molecule has 1 heterocycles. The number of aliphatic imine (C=N–C) groups is 1. The average molecular weight is 341 g/mol. The van der Waals surface area contributed by atoms with Crippen LogP contribution in [0, 0.1) is 11.3 Å². The highest BCUT2D eigenvalue weighted by Crippen LogP contribution is 2.29. The highest BCUT2D eigenvalue weighted by molar-refractivity contribution is 8.14. The minimum absolute atomic E-state index is 0.0822. The summed E-state index contributed by atoms with van der Waals surface area (Å²) in [6.07, 6.45) is 1.32. The van der Waals surface area contributed by atoms with Gasteiger partial charge in [0.05, 0.1) is 22.3 Å². The van der Waals surface area contributed by atoms with Crippen LogP contribution in [-0.4, -0.2) is 23.4 Å². The largest absolute Gasteiger partial charge is 0.340 e. The van der Waals surface area contributed by atoms with Crippen LogP contribution in [0.4, 0.5) is 5.69 Å². The van der Waals surface area contributed by atoms with Crippen LogP contribution in [0.2, 0.25) is 10.0 Å². The van der Waals surface area contributed by atoms with E-state index < -0.39 is 5.91 Å². The van der Waals surface area contributed by atoms with Crippen LogP contribution < -0.4 is 10.6 Å². The maximum atomic E-state index is 12.0. The topological polar surface area (TPSA) is 77.3 Å². The quantitative estimate of drug-likeness (QED) is 0.654. The number of nitrogens with zero attached hydrogens (tertiary/aromatic N) is 2. The van der Waals surface area contributed by atoms with Crippen molar-refractivity contribution in [2.24, 2.45) is 4.99 Å². The van der Waals surface area contributed by atoms with Crippen molar-refractivity contribution in [2.75, 3.05) is 17.6 Å². The van der Waals surface area contributed by atoms with Crippen LogP contribution >= 0.6 is 35.0 Å². The molecular weight excluding hydrogens is 331 g/mol. The minimum Gasteiger partial charge on any atom is -0.340 e. The van der Waals surface area contributed by atoms with Gasteiger partial charge in [-0.05, 0) is 12.1 Å². The monoisotopic (exact) mass is 340 g/mol. The lowest BCUT2D eigenvalue weighted by molar-refractivity contribution is -0.112. The highest BCUT2D eigenvalue weighted by atomic mass is 35.5. The molecule has 2 rings (SSSR count). The summed E-state index contributed by atoms with van der Waals surface area (Å²) in [4.78, 5) is 16.2. The van der Waals surface area contributed by atoms with Gasteiger partial charge in [-0.15, -0.1) is 0 Å². The fraction of sp³-hybridized carbons (Fsp3) is 0.154. The van der Waals surface area contributed by atoms with Crippen molar-refractivity contribution < 1.29 is 4.79 Å². The molecule has 0 saturated heterocycles. The normalized spacial score (nSPS) is 14.3. The Kier molecular flexibility index (Phi) is 5.51. The zero-order valence-corrected chi connectivity index (χ0v) is 13.0. The lowest BCUT2D eigenvalue weighted by Gasteiger charge is -2.07. The molecule has 2 N–H and O–H groups in total. The summed E-state index contributed by atoms with van der Waals surface area (Å²) in [6.45, 7) is 0.729. The van der Waals surface area contributed by atoms with Gasteiger partial charge in [0, 0.05) is 12.0 Å². The van der Waals surface area contributed by atoms with Gasteiger partial charge in [-0.3, -0.25) is 9.79 Å². The minimum atomic E-state index is -0.572. The molecule has 0 aliphatic carbocycles. The molecule has 1 aromatic rings. The van der Waals surface area contributed by atoms with E-state index in [9.17, 15) is 4.79 Å². The van der Waals surface area contributed by atoms with Crippen molar-refractivity contribution in [2.45, 2.75) is 0 Å². The maximum Gasteiger partial charge on any atom is 0.267 e. The molecule has 108 valence electrons. The second-order valence-electron chi connectivity index (χ2n) is 3.90. The third-order valence-corrected chi connectivity index (χ3v) is 4.22. The molecule has 1 aliphatic heterocycles. The number of benzene rings is 1. The lowest BCUT2D eigenvalue weighted by Crippen LogP contribution is -2.18. The Morgan fingerprint density at radius 3 is 2.95 bits per heavy atom. The zero-order chi connectivity index (χ0) is 15.2. The summed E-state index contributed by atoms with van der Waals surface area (Å²) in [5.41, 5.74) is 0.268. The predicted octanol–water partition coefficient (Wildman–Crippen LogP) is 3.03. The Bertz CT molecular complexity index is 667. The molecule has 0 spiro atoms. The molecule has 1 aromatic carbocycles. The fourth-order valence-corrected chi connectivity index (χ4v) is 2.54. The molecular formula is C13H10Cl2N4OS. The Morgan fingerprint density at radius 2 is 2.29 bits per heavy atom. The number of thioether (sulfide) groups is 1. The van der Waals surface area contributed by atoms with Gasteiger partial charge in [-0.1, -0.05) is 41.0 Å². The van der Waals surface area contributed by atoms with E-state index in [4.69, 9.17) is 28.5 Å². The Balaban J connectivity index is 2.08. The van der Waals surface area contributed by atoms with Crippen LogP contribution in [0.25, 0.3) is 0 Å². The van der Waals surface area contributed by atoms with E-state index in [2.05, 4.69) is 15.6 Å². The van der Waals surface area contributed by atoms with Crippen molar-refractivity contribution in [1.29, 1.82) is 5.26 Å². The zero-order valence-electron chi connectivity index (χ0n) is 10.7. The second-order valence-corrected chi connectivity index (χ2v) is 5.77. The van der Waals surface area contributed by atoms with E-state index >= 15 is 0 Å². The van der Waals surface area contributed by atoms with Crippen molar-refractivity contribution in [3.63, 3.8) is 0 Å². The second kappa shape index (κ2) is 7.36. The van der Waals surface area contributed by atoms with Crippen molar-refractivity contribution in [3.05, 3.63) is 40.0 Å². The number of amidine groups is 1. The van der Waals surface area contributed by atoms with Crippen LogP contribution in [0.1, 0.15) is 0 Å². The summed E-state index contributed by atoms with van der Waals surface area (Å²) in [5.74, 6) is 0.320. The van der Waals surface area contributed by atoms with Gasteiger partial charge in [0.15, 0.2) is 5.17 Å². The first-order valence-corrected chi connectivity index (χ1v) is 7.65. The molecule has 0 atom stereocenters. The average Bonchev–Trinajstić information content (AvgIpc) is 2.98. The first-order chi connectivity index (χ1) is 10.1. The highest BCUT2D eigenvalue weighted by Gasteiger charge is 2.13. The van der Waals surface area contributed by atoms with Crippen molar-refractivity contribution in [1.82, 2.24) is 5.32 Å². The number of hydrogen-bond donors (Lipinski definition) is 2. The van der Waals surface area contributed by atoms with Gasteiger partial charge >= 0.3 is 0 Å². The van der Waals surface area contributed by atoms with Gasteiger partial charge in [0.25, 0.3) is 5.91 Å². The molecule has 0 radical (unpaired) electrons. The molecule has 5 nitrogen and oxygen atoms in total. The van der Waals surface area contributed by atoms with Crippen LogP contribution in [0.15, 0.2) is 35.0 Å². The maximum absolute atomic E-state index is 12.0. The van der Waals surface area contributed by atoms with Gasteiger partial charge in [-0.2, -0.15) is 5.26 Å². The number of nitriles is 1. The summed E-state index contributed by atoms with van der Waals surface area (Å²) in [6, 6.07) is 6.69. The van der Waals surface area contributed by atoms with Crippen LogP contribution in [-0.2, 0) is 4.79 Å². The predicted molar refractivity (Wildman–Crippen MR) is 86.7 cm³/mol. The molecule has 21 heavy (non-hydrogen) atoms. The number of carbonyl (C=O) groups is 1. The van der Waals surface area contributed by atoms with Crippen LogP contribution in [0.5, 0.6) is 0 Å². The van der Waals surface area contributed by atoms with Gasteiger partial charge < -0.3 is 10.6 Å². The number of halogens is 2. The van der Waals surface area contributed by atoms with E-state index in [0.29, 0.717) is 15.9 Å². The molecule has 0 saturated carbocycles. The Hall–Kier alpha value is -1.68. The first-order valence-electron chi connectivity index (χ1n) is 5.91. The Morgan fingerprint density at radius 1 is 1.48 bits per heavy atom. The number of anilines is 1. The van der Waals surface area contributed by atoms with Crippen molar-refractivity contribution in [3.8, 4) is 6.07 Å². The van der Waals surface area contributed by atoms with Gasteiger partial charge in [-0.25, -0.2) is 0 Å². The van der Waals surface area contributed by atoms with Gasteiger partial charge in [0.1, 0.15) is 11.6 Å². The van der Waals surface area contributed by atoms with E-state index in [1.54, 1.807) is 18.2 Å². The summed E-state index contributed by atoms with van der Waals surface area (Å²) < 4.78 is 0. The third kappa shape index (κ3) is 4.14. The smallest absolute Gasteiger partial charge is 0.267 e. The van der Waals surface area contributed by atoms with Crippen molar-refractivity contribution >= 4 is 51.7 Å². The molecule has 0 bridgehead atoms. The molecule has 0 unspecified atom stereocenters. The fourth-order valence-electron chi connectivity index (χ4n) is 1.49. The number of amides is 1. The molecule has 0 aromatic heterocycles. The summed E-state index contributed by atoms with van der Waals surface area (Å²) in [7, 11) is 0. The number of hydrogen-bond acceptors (Lipinski definition) is 5. The first kappa shape index (κ1) is 15.7. The molecule has 8 heteroatoms.